The second-order valence-electron chi connectivity index (χ2n) is 4.93. The number of nitrogens with zero attached hydrogens (tertiary/aromatic N) is 2. The number of carbonyl (C=O) groups excluding carboxylic acids is 1. The van der Waals surface area contributed by atoms with Gasteiger partial charge in [0.1, 0.15) is 5.69 Å². The molecule has 0 radical (unpaired) electrons. The minimum atomic E-state index is -0.226. The summed E-state index contributed by atoms with van der Waals surface area (Å²) in [5.74, 6) is -0.226. The molecule has 5 nitrogen and oxygen atoms in total. The predicted molar refractivity (Wildman–Crippen MR) is 84.0 cm³/mol. The van der Waals surface area contributed by atoms with E-state index in [1.165, 1.54) is 6.92 Å². The highest BCUT2D eigenvalue weighted by Gasteiger charge is 2.20. The maximum Gasteiger partial charge on any atom is 0.291 e. The number of carbonyl (C=O) groups is 1. The smallest absolute Gasteiger partial charge is 0.291 e. The Labute approximate surface area is 124 Å². The summed E-state index contributed by atoms with van der Waals surface area (Å²) in [6, 6.07) is 9.74. The molecule has 0 bridgehead atoms. The van der Waals surface area contributed by atoms with Crippen LogP contribution in [0.3, 0.4) is 0 Å². The summed E-state index contributed by atoms with van der Waals surface area (Å²) in [6.45, 7) is 6.04. The molecule has 0 fully saturated rings. The molecule has 5 heteroatoms. The van der Waals surface area contributed by atoms with E-state index in [-0.39, 0.29) is 11.5 Å². The summed E-state index contributed by atoms with van der Waals surface area (Å²) in [4.78, 5) is 24.0. The molecule has 2 aromatic rings. The Morgan fingerprint density at radius 1 is 1.19 bits per heavy atom. The van der Waals surface area contributed by atoms with Gasteiger partial charge in [0.25, 0.3) is 5.56 Å². The predicted octanol–water partition coefficient (Wildman–Crippen LogP) is 2.57. The van der Waals surface area contributed by atoms with Gasteiger partial charge in [-0.25, -0.2) is 4.68 Å². The van der Waals surface area contributed by atoms with Gasteiger partial charge in [-0.3, -0.25) is 14.3 Å². The van der Waals surface area contributed by atoms with Crippen LogP contribution in [-0.2, 0) is 17.8 Å². The largest absolute Gasteiger partial charge is 0.320 e. The minimum Gasteiger partial charge on any atom is -0.320 e. The van der Waals surface area contributed by atoms with Crippen LogP contribution in [0.2, 0.25) is 0 Å². The second-order valence-corrected chi connectivity index (χ2v) is 4.93. The van der Waals surface area contributed by atoms with Gasteiger partial charge in [-0.2, -0.15) is 0 Å². The van der Waals surface area contributed by atoms with Crippen LogP contribution in [-0.4, -0.2) is 15.3 Å². The van der Waals surface area contributed by atoms with Crippen LogP contribution in [0.4, 0.5) is 5.69 Å². The van der Waals surface area contributed by atoms with Crippen LogP contribution in [0, 0.1) is 0 Å². The maximum atomic E-state index is 12.6. The first-order valence-corrected chi connectivity index (χ1v) is 7.27. The molecule has 0 aliphatic heterocycles. The van der Waals surface area contributed by atoms with Gasteiger partial charge in [0, 0.05) is 13.5 Å². The van der Waals surface area contributed by atoms with Gasteiger partial charge < -0.3 is 5.32 Å². The second kappa shape index (κ2) is 6.43. The van der Waals surface area contributed by atoms with Gasteiger partial charge in [0.15, 0.2) is 0 Å². The third kappa shape index (κ3) is 2.91. The number of rotatable bonds is 5. The quantitative estimate of drug-likeness (QED) is 0.919. The van der Waals surface area contributed by atoms with E-state index in [4.69, 9.17) is 0 Å². The molecule has 0 aliphatic carbocycles. The average molecular weight is 287 g/mol. The van der Waals surface area contributed by atoms with E-state index >= 15 is 0 Å². The van der Waals surface area contributed by atoms with Gasteiger partial charge in [-0.05, 0) is 25.0 Å². The molecule has 0 saturated heterocycles. The highest BCUT2D eigenvalue weighted by Crippen LogP contribution is 2.19. The van der Waals surface area contributed by atoms with Crippen molar-refractivity contribution in [2.45, 2.75) is 40.2 Å². The third-order valence-electron chi connectivity index (χ3n) is 3.31. The van der Waals surface area contributed by atoms with E-state index in [2.05, 4.69) is 5.32 Å². The van der Waals surface area contributed by atoms with Crippen molar-refractivity contribution < 1.29 is 4.79 Å². The fourth-order valence-electron chi connectivity index (χ4n) is 2.50. The highest BCUT2D eigenvalue weighted by atomic mass is 16.2. The first-order chi connectivity index (χ1) is 10.1. The summed E-state index contributed by atoms with van der Waals surface area (Å²) in [6.07, 6.45) is 1.51. The molecule has 1 N–H and O–H groups in total. The fourth-order valence-corrected chi connectivity index (χ4v) is 2.50. The SMILES string of the molecule is CCCn1c(=O)c(NC(C)=O)c(CC)n1-c1ccccc1. The van der Waals surface area contributed by atoms with Crippen LogP contribution >= 0.6 is 0 Å². The molecule has 0 unspecified atom stereocenters. The van der Waals surface area contributed by atoms with Crippen molar-refractivity contribution in [1.29, 1.82) is 0 Å². The van der Waals surface area contributed by atoms with Crippen LogP contribution < -0.4 is 10.9 Å². The van der Waals surface area contributed by atoms with Crippen molar-refractivity contribution in [2.75, 3.05) is 5.32 Å². The Bertz CT molecular complexity index is 684. The zero-order valence-corrected chi connectivity index (χ0v) is 12.7. The van der Waals surface area contributed by atoms with Crippen LogP contribution in [0.15, 0.2) is 35.1 Å². The van der Waals surface area contributed by atoms with Crippen LogP contribution in [0.5, 0.6) is 0 Å². The molecule has 0 atom stereocenters. The average Bonchev–Trinajstić information content (AvgIpc) is 2.73. The Hall–Kier alpha value is -2.30. The lowest BCUT2D eigenvalue weighted by Crippen LogP contribution is -2.24. The Kier molecular flexibility index (Phi) is 4.62. The number of hydrogen-bond acceptors (Lipinski definition) is 2. The maximum absolute atomic E-state index is 12.6. The van der Waals surface area contributed by atoms with Crippen molar-refractivity contribution in [3.63, 3.8) is 0 Å². The fraction of sp³-hybridized carbons (Fsp3) is 0.375. The summed E-state index contributed by atoms with van der Waals surface area (Å²) in [7, 11) is 0. The lowest BCUT2D eigenvalue weighted by Gasteiger charge is -2.14. The molecular weight excluding hydrogens is 266 g/mol. The third-order valence-corrected chi connectivity index (χ3v) is 3.31. The normalized spacial score (nSPS) is 10.6. The number of amides is 1. The number of para-hydroxylation sites is 1. The Morgan fingerprint density at radius 2 is 1.86 bits per heavy atom. The first-order valence-electron chi connectivity index (χ1n) is 7.27. The number of hydrogen-bond donors (Lipinski definition) is 1. The van der Waals surface area contributed by atoms with Crippen LogP contribution in [0.1, 0.15) is 32.9 Å². The summed E-state index contributed by atoms with van der Waals surface area (Å²) in [5.41, 5.74) is 2.00. The lowest BCUT2D eigenvalue weighted by molar-refractivity contribution is -0.114. The van der Waals surface area contributed by atoms with Crippen molar-refractivity contribution >= 4 is 11.6 Å². The van der Waals surface area contributed by atoms with Gasteiger partial charge >= 0.3 is 0 Å². The van der Waals surface area contributed by atoms with Gasteiger partial charge in [-0.1, -0.05) is 32.0 Å². The molecule has 1 heterocycles. The molecule has 0 spiro atoms. The van der Waals surface area contributed by atoms with E-state index in [0.29, 0.717) is 18.7 Å². The molecule has 1 amide bonds. The topological polar surface area (TPSA) is 56.0 Å². The van der Waals surface area contributed by atoms with E-state index in [0.717, 1.165) is 17.8 Å². The molecule has 1 aromatic carbocycles. The van der Waals surface area contributed by atoms with Crippen molar-refractivity contribution in [1.82, 2.24) is 9.36 Å². The van der Waals surface area contributed by atoms with E-state index in [1.807, 2.05) is 48.9 Å². The van der Waals surface area contributed by atoms with E-state index in [1.54, 1.807) is 4.68 Å². The molecule has 0 aliphatic rings. The lowest BCUT2D eigenvalue weighted by atomic mass is 10.2. The minimum absolute atomic E-state index is 0.146. The summed E-state index contributed by atoms with van der Waals surface area (Å²) in [5, 5.41) is 2.69. The van der Waals surface area contributed by atoms with Gasteiger partial charge in [0.05, 0.1) is 11.4 Å². The first kappa shape index (κ1) is 15.1. The molecule has 2 rings (SSSR count). The standard InChI is InChI=1S/C16H21N3O2/c1-4-11-18-16(21)15(17-12(3)20)14(5-2)19(18)13-9-7-6-8-10-13/h6-10H,4-5,11H2,1-3H3,(H,17,20). The van der Waals surface area contributed by atoms with E-state index < -0.39 is 0 Å². The molecule has 1 aromatic heterocycles. The van der Waals surface area contributed by atoms with Crippen LogP contribution in [0.25, 0.3) is 5.69 Å². The summed E-state index contributed by atoms with van der Waals surface area (Å²) < 4.78 is 3.61. The van der Waals surface area contributed by atoms with Gasteiger partial charge in [-0.15, -0.1) is 0 Å². The van der Waals surface area contributed by atoms with Crippen molar-refractivity contribution in [3.05, 3.63) is 46.4 Å². The number of aromatic nitrogens is 2. The zero-order valence-electron chi connectivity index (χ0n) is 12.7. The monoisotopic (exact) mass is 287 g/mol. The van der Waals surface area contributed by atoms with Crippen molar-refractivity contribution in [2.24, 2.45) is 0 Å². The molecule has 112 valence electrons. The highest BCUT2D eigenvalue weighted by molar-refractivity contribution is 5.89. The van der Waals surface area contributed by atoms with E-state index in [9.17, 15) is 9.59 Å². The molecule has 21 heavy (non-hydrogen) atoms. The summed E-state index contributed by atoms with van der Waals surface area (Å²) >= 11 is 0. The number of anilines is 1. The number of nitrogens with one attached hydrogen (secondary N) is 1. The Morgan fingerprint density at radius 3 is 2.38 bits per heavy atom. The molecule has 0 saturated carbocycles. The molecular formula is C16H21N3O2. The Balaban J connectivity index is 2.72. The van der Waals surface area contributed by atoms with Crippen molar-refractivity contribution in [3.8, 4) is 5.69 Å². The number of benzene rings is 1. The van der Waals surface area contributed by atoms with Gasteiger partial charge in [0.2, 0.25) is 5.91 Å². The zero-order chi connectivity index (χ0) is 15.4.